The first kappa shape index (κ1) is 60.5. The maximum atomic E-state index is 14.0. The van der Waals surface area contributed by atoms with E-state index < -0.39 is 95.5 Å². The van der Waals surface area contributed by atoms with Gasteiger partial charge in [0, 0.05) is 27.4 Å². The lowest BCUT2D eigenvalue weighted by Gasteiger charge is -2.34. The molecule has 9 rings (SSSR count). The van der Waals surface area contributed by atoms with E-state index >= 15 is 0 Å². The summed E-state index contributed by atoms with van der Waals surface area (Å²) in [5.41, 5.74) is 7.46. The molecule has 1 saturated carbocycles. The number of alkyl carbamates (subject to hydrolysis) is 1. The van der Waals surface area contributed by atoms with Crippen LogP contribution in [0, 0.1) is 0 Å². The Hall–Kier alpha value is -3.15. The molecule has 426 valence electrons. The molecule has 4 aliphatic heterocycles. The Kier molecular flexibility index (Phi) is 20.7. The third kappa shape index (κ3) is 15.0. The van der Waals surface area contributed by atoms with Crippen molar-refractivity contribution in [3.05, 3.63) is 24.4 Å². The summed E-state index contributed by atoms with van der Waals surface area (Å²) < 4.78 is 57.8. The first-order valence-corrected chi connectivity index (χ1v) is 35.3. The van der Waals surface area contributed by atoms with Gasteiger partial charge >= 0.3 is 6.09 Å². The Morgan fingerprint density at radius 1 is 0.934 bits per heavy atom. The van der Waals surface area contributed by atoms with Crippen molar-refractivity contribution >= 4 is 91.5 Å². The second-order valence-electron chi connectivity index (χ2n) is 20.8. The second kappa shape index (κ2) is 26.0. The van der Waals surface area contributed by atoms with Gasteiger partial charge in [0.25, 0.3) is 0 Å². The number of rotatable bonds is 15. The normalized spacial score (nSPS) is 29.1. The summed E-state index contributed by atoms with van der Waals surface area (Å²) in [5.74, 6) is 0.739. The van der Waals surface area contributed by atoms with Gasteiger partial charge in [-0.3, -0.25) is 9.13 Å². The fraction of sp³-hybridized carbons (Fsp3) is 0.739. The molecule has 9 N–H and O–H groups in total. The molecule has 3 saturated heterocycles. The van der Waals surface area contributed by atoms with Gasteiger partial charge in [0.05, 0.1) is 76.3 Å². The number of aromatic nitrogens is 7. The Labute approximate surface area is 456 Å². The van der Waals surface area contributed by atoms with E-state index in [9.17, 15) is 24.5 Å². The maximum absolute atomic E-state index is 14.0. The molecule has 4 aromatic heterocycles. The number of amides is 1. The van der Waals surface area contributed by atoms with Gasteiger partial charge < -0.3 is 95.7 Å². The number of imidazole rings is 1. The Morgan fingerprint density at radius 3 is 2.22 bits per heavy atom. The van der Waals surface area contributed by atoms with Gasteiger partial charge in [-0.1, -0.05) is 31.4 Å². The SMILES string of the molecule is CC[NH+](CC)CC.CC[NH+](CC)CC.C[Si](C)(C)CCOC(=O)NC1(CNc2nc(N)c3ncn([C@@H]4O[C@@H]5COP([O-])(=S)O[C@H]6[C@@H](O)[C@H](n7cc8c9c(ncnc97)NCCC8)O[C@@H]6COP(=O)([S-])O[C@@H]4[C@@H]5O)c3n2)CC1. The molecule has 25 nitrogen and oxygen atoms in total. The average molecular weight is 1160 g/mol. The quantitative estimate of drug-likeness (QED) is 0.0477. The summed E-state index contributed by atoms with van der Waals surface area (Å²) in [6, 6.07) is 0.846. The monoisotopic (exact) mass is 1160 g/mol. The molecule has 5 aliphatic rings. The van der Waals surface area contributed by atoms with E-state index in [0.29, 0.717) is 37.3 Å². The Balaban J connectivity index is 0.000000530. The number of aryl methyl sites for hydroxylation is 1. The molecular weight excluding hydrogens is 1080 g/mol. The number of aliphatic hydroxyl groups is 2. The van der Waals surface area contributed by atoms with Gasteiger partial charge in [0.2, 0.25) is 12.7 Å². The topological polar surface area (TPSA) is 308 Å². The van der Waals surface area contributed by atoms with Crippen LogP contribution < -0.4 is 36.4 Å². The zero-order valence-electron chi connectivity index (χ0n) is 45.1. The van der Waals surface area contributed by atoms with E-state index in [0.717, 1.165) is 30.0 Å². The number of carbonyl (C=O) groups is 1. The van der Waals surface area contributed by atoms with Crippen LogP contribution in [0.5, 0.6) is 0 Å². The molecule has 0 radical (unpaired) electrons. The van der Waals surface area contributed by atoms with Crippen molar-refractivity contribution in [3.63, 3.8) is 0 Å². The molecule has 1 aliphatic carbocycles. The molecule has 0 aromatic carbocycles. The second-order valence-corrected chi connectivity index (χ2v) is 31.9. The van der Waals surface area contributed by atoms with Crippen molar-refractivity contribution in [1.29, 1.82) is 0 Å². The van der Waals surface area contributed by atoms with Crippen LogP contribution in [0.2, 0.25) is 25.7 Å². The number of anilines is 3. The smallest absolute Gasteiger partial charge is 0.407 e. The number of hydrogen-bond donors (Lipinski definition) is 8. The van der Waals surface area contributed by atoms with Crippen LogP contribution >= 0.6 is 13.5 Å². The molecule has 4 fully saturated rings. The zero-order chi connectivity index (χ0) is 55.2. The van der Waals surface area contributed by atoms with Crippen molar-refractivity contribution in [2.75, 3.05) is 88.5 Å². The molecule has 76 heavy (non-hydrogen) atoms. The van der Waals surface area contributed by atoms with Crippen molar-refractivity contribution in [3.8, 4) is 0 Å². The molecule has 1 amide bonds. The van der Waals surface area contributed by atoms with Gasteiger partial charge in [0.1, 0.15) is 66.7 Å². The molecular formula is C46H79N13O12P2S2Si. The highest BCUT2D eigenvalue weighted by atomic mass is 32.7. The highest BCUT2D eigenvalue weighted by Gasteiger charge is 2.51. The average Bonchev–Trinajstić information content (AvgIpc) is 3.62. The number of nitrogens with zero attached hydrogens (tertiary/aromatic N) is 7. The first-order valence-electron chi connectivity index (χ1n) is 26.5. The lowest BCUT2D eigenvalue weighted by molar-refractivity contribution is -0.894. The predicted molar refractivity (Wildman–Crippen MR) is 293 cm³/mol. The molecule has 30 heteroatoms. The van der Waals surface area contributed by atoms with Crippen molar-refractivity contribution < 1.29 is 66.6 Å². The minimum Gasteiger partial charge on any atom is -0.780 e. The van der Waals surface area contributed by atoms with Crippen LogP contribution in [0.15, 0.2) is 18.9 Å². The third-order valence-electron chi connectivity index (χ3n) is 14.4. The highest BCUT2D eigenvalue weighted by Crippen LogP contribution is 2.54. The van der Waals surface area contributed by atoms with E-state index in [4.69, 9.17) is 62.1 Å². The number of fused-ring (bicyclic) bond motifs is 4. The lowest BCUT2D eigenvalue weighted by atomic mass is 10.1. The summed E-state index contributed by atoms with van der Waals surface area (Å²) in [6.07, 6.45) is -4.11. The van der Waals surface area contributed by atoms with Crippen molar-refractivity contribution in [1.82, 2.24) is 39.4 Å². The molecule has 8 heterocycles. The standard InChI is InChI=1S/C34H49N11O12P2S2Si.2C6H15N/c1-62(2,3)10-9-51-33(48)43-34(6-7-34)14-37-32-41-26(35)21-29(42-32)45(16-40-21)31-25-22(46)18(54-31)12-52-58(49,60)56-24-19(13-53-59(50,61)57-25)55-30(23(24)47)44-11-17-5-4-8-36-27-20(17)28(44)39-15-38-27;2*1-4-7(5-2)6-3/h11,15-16,18-19,22-25,30-31,46-47H,4-10,12-14H2,1-3H3,(H,43,48)(H,49,60)(H,50,61)(H,36,38,39)(H3,35,37,41,42);2*4-6H2,1-3H3/t18-,19-,22-,23-,24-,25-,30-,31-,58?,59?;;/m1../s1. The lowest BCUT2D eigenvalue weighted by Crippen LogP contribution is -3.11. The molecule has 2 unspecified atom stereocenters. The summed E-state index contributed by atoms with van der Waals surface area (Å²) in [6.45, 7) is 18.7. The number of aliphatic hydroxyl groups excluding tert-OH is 2. The van der Waals surface area contributed by atoms with Crippen molar-refractivity contribution in [2.45, 2.75) is 148 Å². The number of nitrogen functional groups attached to an aromatic ring is 1. The van der Waals surface area contributed by atoms with Crippen LogP contribution in [0.1, 0.15) is 78.8 Å². The van der Waals surface area contributed by atoms with E-state index in [1.807, 2.05) is 0 Å². The van der Waals surface area contributed by atoms with Crippen LogP contribution in [-0.2, 0) is 67.3 Å². The predicted octanol–water partition coefficient (Wildman–Crippen LogP) is 1.66. The van der Waals surface area contributed by atoms with Gasteiger partial charge in [-0.15, -0.1) is 0 Å². The number of nitrogens with one attached hydrogen (secondary N) is 5. The van der Waals surface area contributed by atoms with Crippen LogP contribution in [-0.4, -0.2) is 173 Å². The first-order chi connectivity index (χ1) is 36.1. The van der Waals surface area contributed by atoms with Gasteiger partial charge in [-0.05, 0) is 78.8 Å². The fourth-order valence-electron chi connectivity index (χ4n) is 9.41. The minimum absolute atomic E-state index is 0.00263. The molecule has 2 bridgehead atoms. The van der Waals surface area contributed by atoms with E-state index in [1.54, 1.807) is 20.6 Å². The van der Waals surface area contributed by atoms with E-state index in [-0.39, 0.29) is 29.5 Å². The van der Waals surface area contributed by atoms with E-state index in [2.05, 4.69) is 102 Å². The highest BCUT2D eigenvalue weighted by molar-refractivity contribution is 8.32. The number of carbonyl (C=O) groups excluding carboxylic acids is 1. The molecule has 10 atom stereocenters. The maximum Gasteiger partial charge on any atom is 0.407 e. The largest absolute Gasteiger partial charge is 0.780 e. The zero-order valence-corrected chi connectivity index (χ0v) is 49.5. The van der Waals surface area contributed by atoms with Gasteiger partial charge in [0.15, 0.2) is 23.9 Å². The summed E-state index contributed by atoms with van der Waals surface area (Å²) in [5, 5.41) is 33.3. The van der Waals surface area contributed by atoms with Gasteiger partial charge in [-0.25, -0.2) is 19.7 Å². The summed E-state index contributed by atoms with van der Waals surface area (Å²) >= 11 is 10.6. The number of ether oxygens (including phenoxy) is 3. The van der Waals surface area contributed by atoms with E-state index in [1.165, 1.54) is 56.5 Å². The molecule has 4 aromatic rings. The third-order valence-corrected chi connectivity index (χ3v) is 19.2. The Morgan fingerprint density at radius 2 is 1.59 bits per heavy atom. The number of quaternary nitrogens is 2. The fourth-order valence-corrected chi connectivity index (χ4v) is 13.0. The van der Waals surface area contributed by atoms with Crippen LogP contribution in [0.3, 0.4) is 0 Å². The minimum atomic E-state index is -4.53. The van der Waals surface area contributed by atoms with Crippen LogP contribution in [0.25, 0.3) is 22.2 Å². The summed E-state index contributed by atoms with van der Waals surface area (Å²) in [4.78, 5) is 51.9. The van der Waals surface area contributed by atoms with Crippen molar-refractivity contribution in [2.24, 2.45) is 0 Å². The Bertz CT molecular complexity index is 2660. The summed E-state index contributed by atoms with van der Waals surface area (Å²) in [7, 11) is -1.38. The van der Waals surface area contributed by atoms with Gasteiger partial charge in [-0.2, -0.15) is 9.97 Å². The molecule has 0 spiro atoms. The van der Waals surface area contributed by atoms with Crippen LogP contribution in [0.4, 0.5) is 22.4 Å². The number of hydrogen-bond acceptors (Lipinski definition) is 22. The number of nitrogens with two attached hydrogens (primary N) is 1.